The van der Waals surface area contributed by atoms with Crippen LogP contribution in [0, 0.1) is 37.5 Å². The quantitative estimate of drug-likeness (QED) is 0.0755. The third kappa shape index (κ3) is 14.8. The van der Waals surface area contributed by atoms with E-state index in [1.54, 1.807) is 62.3 Å². The molecule has 0 bridgehead atoms. The summed E-state index contributed by atoms with van der Waals surface area (Å²) in [6.07, 6.45) is -2.09. The van der Waals surface area contributed by atoms with Gasteiger partial charge in [0.2, 0.25) is 52.7 Å². The number of likely N-dealkylation sites (N-methyl/N-ethyl adjacent to an activating group) is 4. The summed E-state index contributed by atoms with van der Waals surface area (Å²) in [4.78, 5) is 201. The van der Waals surface area contributed by atoms with Crippen molar-refractivity contribution in [3.05, 3.63) is 38.5 Å². The molecule has 7 aliphatic rings. The van der Waals surface area contributed by atoms with E-state index in [0.29, 0.717) is 19.4 Å². The number of hydrogen-bond acceptors (Lipinski definition) is 20. The third-order valence-electron chi connectivity index (χ3n) is 18.5. The van der Waals surface area contributed by atoms with Gasteiger partial charge in [0.1, 0.15) is 90.2 Å². The van der Waals surface area contributed by atoms with Crippen LogP contribution in [0.5, 0.6) is 5.75 Å². The van der Waals surface area contributed by atoms with Crippen LogP contribution in [0.3, 0.4) is 0 Å². The number of ether oxygens (including phenoxy) is 4. The van der Waals surface area contributed by atoms with Crippen molar-refractivity contribution < 1.29 is 80.9 Å². The number of carbonyl (C=O) groups is 12. The highest BCUT2D eigenvalue weighted by atomic mass is 16.6. The largest absolute Gasteiger partial charge is 0.490 e. The highest BCUT2D eigenvalue weighted by Gasteiger charge is 2.47. The molecule has 1 aromatic rings. The van der Waals surface area contributed by atoms with Crippen LogP contribution < -0.4 is 37.2 Å². The lowest BCUT2D eigenvalue weighted by atomic mass is 9.98. The van der Waals surface area contributed by atoms with E-state index in [9.17, 15) is 47.9 Å². The summed E-state index contributed by atoms with van der Waals surface area (Å²) in [5.74, 6) is -12.7. The van der Waals surface area contributed by atoms with Gasteiger partial charge in [0.15, 0.2) is 11.3 Å². The van der Waals surface area contributed by atoms with Crippen molar-refractivity contribution in [1.82, 2.24) is 55.7 Å². The summed E-state index contributed by atoms with van der Waals surface area (Å²) in [5, 5.41) is 10.7. The fourth-order valence-corrected chi connectivity index (χ4v) is 12.8. The lowest BCUT2D eigenvalue weighted by Crippen LogP contribution is -2.61. The zero-order chi connectivity index (χ0) is 70.3. The monoisotopic (exact) mass is 1330 g/mol. The summed E-state index contributed by atoms with van der Waals surface area (Å²) in [6.45, 7) is 18.6. The van der Waals surface area contributed by atoms with Gasteiger partial charge in [-0.05, 0) is 83.1 Å². The van der Waals surface area contributed by atoms with E-state index in [-0.39, 0.29) is 72.4 Å². The van der Waals surface area contributed by atoms with Crippen LogP contribution in [-0.2, 0) is 62.2 Å². The Bertz CT molecular complexity index is 3600. The molecule has 1 unspecified atom stereocenters. The number of nitrogens with two attached hydrogens (primary N) is 1. The Labute approximate surface area is 550 Å². The number of rotatable bonds is 11. The standard InChI is InChI=1S/C65H90N12O18/c1-28(2)45-62(87)76-21-17-19-38(76)60(85)72(13)24-41(78)74(15)51(30(5)6)64(89)93-34(11)47(58(83)68-45)70-56(81)37-23-40(92-27-36-26-91-36)32(9)54-49(37)67-50-43(44(66)53(80)33(10)55(50)95-54)57(82)71-48-35(12)94-65(90)52(31(7)8)75(16)42(79)25-73(14)61(86)39-20-18-22-77(39)63(88)46(29(3)4)69-59(48)84/h23,28-31,34-36,38-39,45-48,51-52H,17-22,24-27,66H2,1-16H3,(H,68,83)(H,69,84)(H,70,81)(H,71,82)/t34-,35-,36?,38-,39-,45-,46-,47-,48-,51-,52-/m0/s1. The van der Waals surface area contributed by atoms with Crippen molar-refractivity contribution in [3.63, 3.8) is 0 Å². The molecule has 30 nitrogen and oxygen atoms in total. The predicted molar refractivity (Wildman–Crippen MR) is 341 cm³/mol. The van der Waals surface area contributed by atoms with E-state index in [2.05, 4.69) is 21.3 Å². The molecule has 8 rings (SSSR count). The van der Waals surface area contributed by atoms with Crippen LogP contribution in [-0.4, -0.2) is 240 Å². The van der Waals surface area contributed by atoms with Crippen molar-refractivity contribution >= 4 is 87.8 Å². The van der Waals surface area contributed by atoms with E-state index >= 15 is 14.4 Å². The summed E-state index contributed by atoms with van der Waals surface area (Å²) in [6, 6.07) is -9.65. The van der Waals surface area contributed by atoms with Gasteiger partial charge in [0.25, 0.3) is 11.8 Å². The zero-order valence-corrected chi connectivity index (χ0v) is 56.9. The molecule has 10 amide bonds. The Morgan fingerprint density at radius 3 is 1.52 bits per heavy atom. The molecule has 1 aromatic carbocycles. The maximum Gasteiger partial charge on any atom is 0.329 e. The second-order valence-corrected chi connectivity index (χ2v) is 26.9. The SMILES string of the molecule is Cc1c2oc3c(C)c(OCC4CO4)cc(C(=O)N[C@@H]4C(=O)N[C@@H](C(C)C)C(=O)N5CCC[C@H]5C(=O)N(C)CC(=O)N(C)[C@@H](C(C)C)C(=O)O[C@H]4C)c3nc-2c(C(=O)N[C@@H]2C(=O)N[C@@H](C(C)C)C(=O)N3CCC[C@H]3C(=O)N(C)CC(=O)N(C)[C@@H](C(C)C)C(=O)O[C@H]2C)c(N)c1=O. The van der Waals surface area contributed by atoms with Crippen molar-refractivity contribution in [2.45, 2.75) is 175 Å². The molecule has 95 heavy (non-hydrogen) atoms. The number of esters is 2. The molecule has 6 heterocycles. The summed E-state index contributed by atoms with van der Waals surface area (Å²) >= 11 is 0. The van der Waals surface area contributed by atoms with Gasteiger partial charge in [-0.3, -0.25) is 52.7 Å². The molecule has 5 fully saturated rings. The number of aromatic nitrogens is 1. The van der Waals surface area contributed by atoms with Crippen molar-refractivity contribution in [3.8, 4) is 17.2 Å². The Hall–Kier alpha value is -8.96. The van der Waals surface area contributed by atoms with Crippen LogP contribution in [0.1, 0.15) is 127 Å². The van der Waals surface area contributed by atoms with E-state index in [0.717, 1.165) is 9.80 Å². The molecule has 0 spiro atoms. The Morgan fingerprint density at radius 2 is 1.09 bits per heavy atom. The van der Waals surface area contributed by atoms with Gasteiger partial charge in [0.05, 0.1) is 36.5 Å². The number of nitrogens with one attached hydrogen (secondary N) is 4. The number of hydrogen-bond donors (Lipinski definition) is 5. The molecule has 30 heteroatoms. The Morgan fingerprint density at radius 1 is 0.653 bits per heavy atom. The second-order valence-electron chi connectivity index (χ2n) is 26.9. The molecule has 0 radical (unpaired) electrons. The number of nitrogens with zero attached hydrogens (tertiary/aromatic N) is 7. The highest BCUT2D eigenvalue weighted by molar-refractivity contribution is 6.11. The first kappa shape index (κ1) is 71.9. The van der Waals surface area contributed by atoms with Crippen molar-refractivity contribution in [1.29, 1.82) is 0 Å². The summed E-state index contributed by atoms with van der Waals surface area (Å²) in [5.41, 5.74) is 3.07. The normalized spacial score (nSPS) is 26.8. The first-order valence-electron chi connectivity index (χ1n) is 32.3. The lowest BCUT2D eigenvalue weighted by Gasteiger charge is -2.36. The van der Waals surface area contributed by atoms with Gasteiger partial charge < -0.3 is 79.8 Å². The fourth-order valence-electron chi connectivity index (χ4n) is 12.8. The molecule has 0 saturated carbocycles. The van der Waals surface area contributed by atoms with Crippen LogP contribution >= 0.6 is 0 Å². The summed E-state index contributed by atoms with van der Waals surface area (Å²) < 4.78 is 30.1. The van der Waals surface area contributed by atoms with Gasteiger partial charge in [-0.15, -0.1) is 0 Å². The molecular formula is C65H90N12O18. The van der Waals surface area contributed by atoms with Crippen LogP contribution in [0.25, 0.3) is 22.6 Å². The van der Waals surface area contributed by atoms with Crippen molar-refractivity contribution in [2.24, 2.45) is 23.7 Å². The average Bonchev–Trinajstić information content (AvgIpc) is 1.46. The molecule has 0 aromatic heterocycles. The number of epoxide rings is 1. The van der Waals surface area contributed by atoms with Crippen molar-refractivity contribution in [2.75, 3.05) is 73.3 Å². The lowest BCUT2D eigenvalue weighted by molar-refractivity contribution is -0.163. The second kappa shape index (κ2) is 28.9. The first-order chi connectivity index (χ1) is 44.6. The highest BCUT2D eigenvalue weighted by Crippen LogP contribution is 2.38. The van der Waals surface area contributed by atoms with E-state index in [1.165, 1.54) is 74.6 Å². The van der Waals surface area contributed by atoms with Gasteiger partial charge in [-0.25, -0.2) is 14.6 Å². The van der Waals surface area contributed by atoms with Gasteiger partial charge >= 0.3 is 11.9 Å². The van der Waals surface area contributed by atoms with Crippen LogP contribution in [0.4, 0.5) is 5.69 Å². The topological polar surface area (TPSA) is 382 Å². The predicted octanol–water partition coefficient (Wildman–Crippen LogP) is 0.503. The first-order valence-corrected chi connectivity index (χ1v) is 32.3. The maximum atomic E-state index is 15.5. The number of amides is 10. The molecule has 6 aliphatic heterocycles. The van der Waals surface area contributed by atoms with Crippen LogP contribution in [0.2, 0.25) is 0 Å². The molecule has 11 atom stereocenters. The number of fused-ring (bicyclic) bond motifs is 4. The van der Waals surface area contributed by atoms with E-state index in [4.69, 9.17) is 34.1 Å². The molecule has 518 valence electrons. The Balaban J connectivity index is 1.25. The molecule has 6 N–H and O–H groups in total. The number of carbonyl (C=O) groups excluding carboxylic acids is 12. The number of benzene rings is 2. The molecule has 5 saturated heterocycles. The zero-order valence-electron chi connectivity index (χ0n) is 56.9. The maximum absolute atomic E-state index is 15.5. The van der Waals surface area contributed by atoms with E-state index in [1.807, 2.05) is 0 Å². The third-order valence-corrected chi connectivity index (χ3v) is 18.5. The Kier molecular flexibility index (Phi) is 21.9. The van der Waals surface area contributed by atoms with Gasteiger partial charge in [0, 0.05) is 52.4 Å². The summed E-state index contributed by atoms with van der Waals surface area (Å²) in [7, 11) is 5.57. The number of nitrogen functional groups attached to an aromatic ring is 1. The minimum atomic E-state index is -1.91. The number of aryl methyl sites for hydroxylation is 1. The molecule has 1 aliphatic carbocycles. The van der Waals surface area contributed by atoms with Gasteiger partial charge in [-0.1, -0.05) is 55.4 Å². The van der Waals surface area contributed by atoms with Gasteiger partial charge in [-0.2, -0.15) is 0 Å². The van der Waals surface area contributed by atoms with E-state index < -0.39 is 196 Å². The average molecular weight is 1330 g/mol. The fraction of sp³-hybridized carbons (Fsp3) is 0.631. The smallest absolute Gasteiger partial charge is 0.329 e. The van der Waals surface area contributed by atoms with Crippen LogP contribution in [0.15, 0.2) is 15.3 Å². The molecular weight excluding hydrogens is 1240 g/mol. The number of cyclic esters (lactones) is 2. The minimum absolute atomic E-state index is 0.00703. The number of anilines is 1. The minimum Gasteiger partial charge on any atom is -0.490 e.